The molecule has 3 heterocycles. The molecule has 0 saturated carbocycles. The van der Waals surface area contributed by atoms with E-state index in [-0.39, 0.29) is 5.91 Å². The Morgan fingerprint density at radius 1 is 1.42 bits per heavy atom. The van der Waals surface area contributed by atoms with Crippen LogP contribution in [0.3, 0.4) is 0 Å². The van der Waals surface area contributed by atoms with Gasteiger partial charge in [-0.15, -0.1) is 11.3 Å². The molecule has 4 nitrogen and oxygen atoms in total. The van der Waals surface area contributed by atoms with E-state index >= 15 is 0 Å². The summed E-state index contributed by atoms with van der Waals surface area (Å²) in [4.78, 5) is 23.4. The number of likely N-dealkylation sites (tertiary alicyclic amines) is 1. The predicted molar refractivity (Wildman–Crippen MR) is 74.7 cm³/mol. The van der Waals surface area contributed by atoms with E-state index in [4.69, 9.17) is 0 Å². The zero-order valence-electron chi connectivity index (χ0n) is 10.8. The summed E-state index contributed by atoms with van der Waals surface area (Å²) >= 11 is 1.64. The van der Waals surface area contributed by atoms with Crippen molar-refractivity contribution in [2.45, 2.75) is 26.3 Å². The third-order valence-corrected chi connectivity index (χ3v) is 4.14. The lowest BCUT2D eigenvalue weighted by Crippen LogP contribution is -2.23. The number of carbonyl (C=O) groups excluding carboxylic acids is 1. The number of amides is 1. The zero-order valence-corrected chi connectivity index (χ0v) is 11.6. The van der Waals surface area contributed by atoms with Crippen LogP contribution in [0.15, 0.2) is 24.5 Å². The lowest BCUT2D eigenvalue weighted by Gasteiger charge is -2.15. The summed E-state index contributed by atoms with van der Waals surface area (Å²) in [6.07, 6.45) is 5.31. The standard InChI is InChI=1S/C14H15N3OS/c1-10-8-16-14(19-10)12-7-11(4-5-15-12)9-17-6-2-3-13(17)18/h4-5,7-8H,2-3,6,9H2,1H3. The minimum Gasteiger partial charge on any atom is -0.338 e. The summed E-state index contributed by atoms with van der Waals surface area (Å²) in [5.41, 5.74) is 2.01. The molecule has 1 amide bonds. The van der Waals surface area contributed by atoms with Gasteiger partial charge < -0.3 is 4.90 Å². The topological polar surface area (TPSA) is 46.1 Å². The van der Waals surface area contributed by atoms with Gasteiger partial charge in [0.2, 0.25) is 5.91 Å². The van der Waals surface area contributed by atoms with Crippen molar-refractivity contribution in [1.29, 1.82) is 0 Å². The minimum atomic E-state index is 0.253. The molecule has 0 radical (unpaired) electrons. The summed E-state index contributed by atoms with van der Waals surface area (Å²) in [6.45, 7) is 3.58. The van der Waals surface area contributed by atoms with Crippen LogP contribution < -0.4 is 0 Å². The number of nitrogens with zero attached hydrogens (tertiary/aromatic N) is 3. The number of rotatable bonds is 3. The Hall–Kier alpha value is -1.75. The SMILES string of the molecule is Cc1cnc(-c2cc(CN3CCCC3=O)ccn2)s1. The van der Waals surface area contributed by atoms with E-state index in [0.29, 0.717) is 13.0 Å². The van der Waals surface area contributed by atoms with E-state index in [1.54, 1.807) is 17.5 Å². The maximum absolute atomic E-state index is 11.6. The first kappa shape index (κ1) is 12.3. The van der Waals surface area contributed by atoms with E-state index in [1.165, 1.54) is 4.88 Å². The number of hydrogen-bond donors (Lipinski definition) is 0. The number of thiazole rings is 1. The molecule has 0 bridgehead atoms. The molecule has 1 saturated heterocycles. The minimum absolute atomic E-state index is 0.253. The van der Waals surface area contributed by atoms with Crippen molar-refractivity contribution < 1.29 is 4.79 Å². The molecular formula is C14H15N3OS. The van der Waals surface area contributed by atoms with Crippen LogP contribution in [0.2, 0.25) is 0 Å². The second kappa shape index (κ2) is 5.09. The second-order valence-corrected chi connectivity index (χ2v) is 5.98. The first-order chi connectivity index (χ1) is 9.22. The van der Waals surface area contributed by atoms with Crippen molar-refractivity contribution in [3.63, 3.8) is 0 Å². The molecule has 3 rings (SSSR count). The molecule has 0 atom stereocenters. The Morgan fingerprint density at radius 3 is 3.00 bits per heavy atom. The highest BCUT2D eigenvalue weighted by molar-refractivity contribution is 7.14. The van der Waals surface area contributed by atoms with Gasteiger partial charge in [-0.05, 0) is 31.0 Å². The Morgan fingerprint density at radius 2 is 2.32 bits per heavy atom. The Bertz CT molecular complexity index is 608. The van der Waals surface area contributed by atoms with Gasteiger partial charge in [0.15, 0.2) is 0 Å². The van der Waals surface area contributed by atoms with Crippen molar-refractivity contribution in [3.8, 4) is 10.7 Å². The van der Waals surface area contributed by atoms with Gasteiger partial charge in [0.25, 0.3) is 0 Å². The number of aryl methyl sites for hydroxylation is 1. The van der Waals surface area contributed by atoms with E-state index in [2.05, 4.69) is 9.97 Å². The fourth-order valence-corrected chi connectivity index (χ4v) is 2.99. The quantitative estimate of drug-likeness (QED) is 0.863. The monoisotopic (exact) mass is 273 g/mol. The van der Waals surface area contributed by atoms with Crippen LogP contribution >= 0.6 is 11.3 Å². The summed E-state index contributed by atoms with van der Waals surface area (Å²) < 4.78 is 0. The van der Waals surface area contributed by atoms with Gasteiger partial charge in [0.05, 0.1) is 5.69 Å². The van der Waals surface area contributed by atoms with E-state index in [9.17, 15) is 4.79 Å². The van der Waals surface area contributed by atoms with Gasteiger partial charge in [-0.3, -0.25) is 9.78 Å². The van der Waals surface area contributed by atoms with Crippen LogP contribution in [-0.4, -0.2) is 27.3 Å². The first-order valence-electron chi connectivity index (χ1n) is 6.38. The van der Waals surface area contributed by atoms with Crippen LogP contribution in [0.5, 0.6) is 0 Å². The van der Waals surface area contributed by atoms with Crippen LogP contribution in [0.25, 0.3) is 10.7 Å². The van der Waals surface area contributed by atoms with Crippen LogP contribution in [0, 0.1) is 6.92 Å². The highest BCUT2D eigenvalue weighted by atomic mass is 32.1. The number of hydrogen-bond acceptors (Lipinski definition) is 4. The molecule has 2 aromatic rings. The Kier molecular flexibility index (Phi) is 3.29. The van der Waals surface area contributed by atoms with Gasteiger partial charge in [-0.25, -0.2) is 4.98 Å². The van der Waals surface area contributed by atoms with Crippen LogP contribution in [0.4, 0.5) is 0 Å². The van der Waals surface area contributed by atoms with E-state index in [1.807, 2.05) is 30.2 Å². The van der Waals surface area contributed by atoms with Crippen molar-refractivity contribution in [2.24, 2.45) is 0 Å². The lowest BCUT2D eigenvalue weighted by atomic mass is 10.2. The smallest absolute Gasteiger partial charge is 0.222 e. The summed E-state index contributed by atoms with van der Waals surface area (Å²) in [7, 11) is 0. The van der Waals surface area contributed by atoms with Crippen molar-refractivity contribution in [3.05, 3.63) is 35.0 Å². The van der Waals surface area contributed by atoms with Gasteiger partial charge in [-0.1, -0.05) is 0 Å². The fourth-order valence-electron chi connectivity index (χ4n) is 2.25. The second-order valence-electron chi connectivity index (χ2n) is 4.74. The highest BCUT2D eigenvalue weighted by Gasteiger charge is 2.20. The van der Waals surface area contributed by atoms with Gasteiger partial charge in [0, 0.05) is 36.8 Å². The third kappa shape index (κ3) is 2.66. The number of pyridine rings is 1. The number of aromatic nitrogens is 2. The molecule has 0 aliphatic carbocycles. The largest absolute Gasteiger partial charge is 0.338 e. The predicted octanol–water partition coefficient (Wildman–Crippen LogP) is 2.64. The molecule has 5 heteroatoms. The van der Waals surface area contributed by atoms with Gasteiger partial charge in [-0.2, -0.15) is 0 Å². The molecular weight excluding hydrogens is 258 g/mol. The van der Waals surface area contributed by atoms with Gasteiger partial charge in [0.1, 0.15) is 5.01 Å². The summed E-state index contributed by atoms with van der Waals surface area (Å²) in [5, 5.41) is 0.937. The molecule has 0 spiro atoms. The molecule has 1 aliphatic heterocycles. The zero-order chi connectivity index (χ0) is 13.2. The highest BCUT2D eigenvalue weighted by Crippen LogP contribution is 2.24. The summed E-state index contributed by atoms with van der Waals surface area (Å²) in [6, 6.07) is 4.00. The molecule has 2 aromatic heterocycles. The Balaban J connectivity index is 1.81. The molecule has 0 aromatic carbocycles. The van der Waals surface area contributed by atoms with Crippen LogP contribution in [0.1, 0.15) is 23.3 Å². The van der Waals surface area contributed by atoms with E-state index in [0.717, 1.165) is 29.2 Å². The van der Waals surface area contributed by atoms with Gasteiger partial charge >= 0.3 is 0 Å². The molecule has 19 heavy (non-hydrogen) atoms. The Labute approximate surface area is 116 Å². The van der Waals surface area contributed by atoms with Crippen LogP contribution in [-0.2, 0) is 11.3 Å². The molecule has 0 N–H and O–H groups in total. The average molecular weight is 273 g/mol. The molecule has 1 fully saturated rings. The van der Waals surface area contributed by atoms with E-state index < -0.39 is 0 Å². The summed E-state index contributed by atoms with van der Waals surface area (Å²) in [5.74, 6) is 0.253. The lowest BCUT2D eigenvalue weighted by molar-refractivity contribution is -0.128. The maximum Gasteiger partial charge on any atom is 0.222 e. The maximum atomic E-state index is 11.6. The van der Waals surface area contributed by atoms with Crippen molar-refractivity contribution in [1.82, 2.24) is 14.9 Å². The normalized spacial score (nSPS) is 15.2. The molecule has 0 unspecified atom stereocenters. The fraction of sp³-hybridized carbons (Fsp3) is 0.357. The van der Waals surface area contributed by atoms with Crippen molar-refractivity contribution >= 4 is 17.2 Å². The number of carbonyl (C=O) groups is 1. The average Bonchev–Trinajstić information content (AvgIpc) is 3.00. The van der Waals surface area contributed by atoms with Crippen molar-refractivity contribution in [2.75, 3.05) is 6.54 Å². The molecule has 98 valence electrons. The third-order valence-electron chi connectivity index (χ3n) is 3.21. The molecule has 1 aliphatic rings. The first-order valence-corrected chi connectivity index (χ1v) is 7.19.